The van der Waals surface area contributed by atoms with E-state index in [0.717, 1.165) is 17.3 Å². The molecule has 1 aromatic carbocycles. The number of benzene rings is 1. The summed E-state index contributed by atoms with van der Waals surface area (Å²) in [5.41, 5.74) is 5.49. The molecule has 0 aliphatic carbocycles. The van der Waals surface area contributed by atoms with Crippen LogP contribution in [0.5, 0.6) is 0 Å². The van der Waals surface area contributed by atoms with Crippen molar-refractivity contribution in [1.82, 2.24) is 5.43 Å². The number of nitrogens with one attached hydrogen (secondary N) is 1. The molecule has 2 rings (SSSR count). The molecule has 0 saturated carbocycles. The van der Waals surface area contributed by atoms with Gasteiger partial charge in [0.2, 0.25) is 0 Å². The van der Waals surface area contributed by atoms with E-state index < -0.39 is 0 Å². The van der Waals surface area contributed by atoms with E-state index in [-0.39, 0.29) is 6.04 Å². The predicted octanol–water partition coefficient (Wildman–Crippen LogP) is 3.65. The van der Waals surface area contributed by atoms with Gasteiger partial charge in [-0.1, -0.05) is 34.1 Å². The first-order valence-electron chi connectivity index (χ1n) is 5.53. The standard InChI is InChI=1S/C13H15BrN2S/c14-12-4-2-1-3-11(12)13(16-15)6-5-10-7-8-17-9-10/h1-4,7-9,13,16H,5-6,15H2. The Balaban J connectivity index is 2.04. The van der Waals surface area contributed by atoms with Gasteiger partial charge in [0.25, 0.3) is 0 Å². The summed E-state index contributed by atoms with van der Waals surface area (Å²) in [6.07, 6.45) is 2.04. The average Bonchev–Trinajstić information content (AvgIpc) is 2.85. The summed E-state index contributed by atoms with van der Waals surface area (Å²) < 4.78 is 1.10. The fourth-order valence-corrected chi connectivity index (χ4v) is 3.10. The third-order valence-electron chi connectivity index (χ3n) is 2.78. The molecule has 0 radical (unpaired) electrons. The maximum Gasteiger partial charge on any atom is 0.0474 e. The van der Waals surface area contributed by atoms with Crippen LogP contribution in [0, 0.1) is 0 Å². The van der Waals surface area contributed by atoms with Gasteiger partial charge in [0.05, 0.1) is 0 Å². The molecule has 2 nitrogen and oxygen atoms in total. The molecule has 90 valence electrons. The summed E-state index contributed by atoms with van der Waals surface area (Å²) in [5, 5.41) is 4.30. The molecule has 1 aromatic heterocycles. The number of halogens is 1. The largest absolute Gasteiger partial charge is 0.271 e. The number of hydrogen-bond acceptors (Lipinski definition) is 3. The highest BCUT2D eigenvalue weighted by Crippen LogP contribution is 2.26. The Morgan fingerprint density at radius 1 is 1.29 bits per heavy atom. The second kappa shape index (κ2) is 6.31. The van der Waals surface area contributed by atoms with Crippen LogP contribution >= 0.6 is 27.3 Å². The Morgan fingerprint density at radius 2 is 2.12 bits per heavy atom. The summed E-state index contributed by atoms with van der Waals surface area (Å²) in [5.74, 6) is 5.64. The minimum Gasteiger partial charge on any atom is -0.271 e. The van der Waals surface area contributed by atoms with Gasteiger partial charge in [-0.25, -0.2) is 0 Å². The normalized spacial score (nSPS) is 12.6. The lowest BCUT2D eigenvalue weighted by Crippen LogP contribution is -2.28. The summed E-state index contributed by atoms with van der Waals surface area (Å²) >= 11 is 5.30. The molecule has 0 amide bonds. The van der Waals surface area contributed by atoms with E-state index >= 15 is 0 Å². The van der Waals surface area contributed by atoms with E-state index in [1.165, 1.54) is 11.1 Å². The lowest BCUT2D eigenvalue weighted by molar-refractivity contribution is 0.515. The van der Waals surface area contributed by atoms with Gasteiger partial charge in [-0.3, -0.25) is 11.3 Å². The van der Waals surface area contributed by atoms with Crippen molar-refractivity contribution in [2.24, 2.45) is 5.84 Å². The molecule has 4 heteroatoms. The van der Waals surface area contributed by atoms with Crippen molar-refractivity contribution in [1.29, 1.82) is 0 Å². The van der Waals surface area contributed by atoms with E-state index in [1.54, 1.807) is 11.3 Å². The smallest absolute Gasteiger partial charge is 0.0474 e. The molecule has 0 aliphatic rings. The molecule has 1 atom stereocenters. The first-order chi connectivity index (χ1) is 8.31. The van der Waals surface area contributed by atoms with Gasteiger partial charge in [-0.15, -0.1) is 0 Å². The molecule has 0 bridgehead atoms. The zero-order valence-corrected chi connectivity index (χ0v) is 11.8. The van der Waals surface area contributed by atoms with Crippen LogP contribution in [0.25, 0.3) is 0 Å². The Morgan fingerprint density at radius 3 is 2.76 bits per heavy atom. The molecule has 17 heavy (non-hydrogen) atoms. The molecule has 0 spiro atoms. The highest BCUT2D eigenvalue weighted by molar-refractivity contribution is 9.10. The van der Waals surface area contributed by atoms with E-state index in [0.29, 0.717) is 0 Å². The zero-order chi connectivity index (χ0) is 12.1. The highest BCUT2D eigenvalue weighted by Gasteiger charge is 2.12. The van der Waals surface area contributed by atoms with Crippen molar-refractivity contribution in [2.75, 3.05) is 0 Å². The van der Waals surface area contributed by atoms with Crippen LogP contribution in [0.2, 0.25) is 0 Å². The first-order valence-corrected chi connectivity index (χ1v) is 7.26. The van der Waals surface area contributed by atoms with E-state index in [4.69, 9.17) is 5.84 Å². The Labute approximate surface area is 114 Å². The number of hydrazine groups is 1. The quantitative estimate of drug-likeness (QED) is 0.653. The van der Waals surface area contributed by atoms with Gasteiger partial charge in [0.1, 0.15) is 0 Å². The van der Waals surface area contributed by atoms with Crippen LogP contribution in [0.15, 0.2) is 45.6 Å². The molecule has 0 aliphatic heterocycles. The molecule has 3 N–H and O–H groups in total. The van der Waals surface area contributed by atoms with Gasteiger partial charge in [-0.05, 0) is 46.9 Å². The number of nitrogens with two attached hydrogens (primary N) is 1. The Kier molecular flexibility index (Phi) is 4.74. The number of thiophene rings is 1. The Hall–Kier alpha value is -0.680. The van der Waals surface area contributed by atoms with Crippen LogP contribution in [0.1, 0.15) is 23.6 Å². The van der Waals surface area contributed by atoms with Crippen LogP contribution < -0.4 is 11.3 Å². The molecule has 1 heterocycles. The third kappa shape index (κ3) is 3.39. The summed E-state index contributed by atoms with van der Waals surface area (Å²) in [6, 6.07) is 10.5. The molecule has 0 saturated heterocycles. The minimum absolute atomic E-state index is 0.186. The second-order valence-electron chi connectivity index (χ2n) is 3.91. The number of aryl methyl sites for hydroxylation is 1. The SMILES string of the molecule is NNC(CCc1ccsc1)c1ccccc1Br. The van der Waals surface area contributed by atoms with E-state index in [9.17, 15) is 0 Å². The van der Waals surface area contributed by atoms with E-state index in [1.807, 2.05) is 18.2 Å². The van der Waals surface area contributed by atoms with Gasteiger partial charge in [-0.2, -0.15) is 11.3 Å². The van der Waals surface area contributed by atoms with Crippen molar-refractivity contribution < 1.29 is 0 Å². The van der Waals surface area contributed by atoms with Crippen LogP contribution in [0.4, 0.5) is 0 Å². The average molecular weight is 311 g/mol. The summed E-state index contributed by atoms with van der Waals surface area (Å²) in [6.45, 7) is 0. The molecular formula is C13H15BrN2S. The predicted molar refractivity (Wildman–Crippen MR) is 76.8 cm³/mol. The van der Waals surface area contributed by atoms with Crippen molar-refractivity contribution >= 4 is 27.3 Å². The molecule has 0 fully saturated rings. The minimum atomic E-state index is 0.186. The Bertz CT molecular complexity index is 456. The summed E-state index contributed by atoms with van der Waals surface area (Å²) in [4.78, 5) is 0. The monoisotopic (exact) mass is 310 g/mol. The first kappa shape index (κ1) is 12.8. The van der Waals surface area contributed by atoms with Crippen molar-refractivity contribution in [3.05, 3.63) is 56.7 Å². The van der Waals surface area contributed by atoms with Crippen molar-refractivity contribution in [2.45, 2.75) is 18.9 Å². The second-order valence-corrected chi connectivity index (χ2v) is 5.55. The van der Waals surface area contributed by atoms with Gasteiger partial charge >= 0.3 is 0 Å². The zero-order valence-electron chi connectivity index (χ0n) is 9.40. The lowest BCUT2D eigenvalue weighted by Gasteiger charge is -2.17. The topological polar surface area (TPSA) is 38.0 Å². The van der Waals surface area contributed by atoms with Crippen molar-refractivity contribution in [3.63, 3.8) is 0 Å². The summed E-state index contributed by atoms with van der Waals surface area (Å²) in [7, 11) is 0. The molecular weight excluding hydrogens is 296 g/mol. The highest BCUT2D eigenvalue weighted by atomic mass is 79.9. The van der Waals surface area contributed by atoms with Gasteiger partial charge < -0.3 is 0 Å². The van der Waals surface area contributed by atoms with Gasteiger partial charge in [0, 0.05) is 10.5 Å². The van der Waals surface area contributed by atoms with Crippen LogP contribution in [-0.4, -0.2) is 0 Å². The van der Waals surface area contributed by atoms with E-state index in [2.05, 4.69) is 44.2 Å². The number of hydrogen-bond donors (Lipinski definition) is 2. The number of rotatable bonds is 5. The van der Waals surface area contributed by atoms with Gasteiger partial charge in [0.15, 0.2) is 0 Å². The maximum atomic E-state index is 5.64. The molecule has 2 aromatic rings. The van der Waals surface area contributed by atoms with Crippen molar-refractivity contribution in [3.8, 4) is 0 Å². The fraction of sp³-hybridized carbons (Fsp3) is 0.231. The maximum absolute atomic E-state index is 5.64. The molecule has 1 unspecified atom stereocenters. The third-order valence-corrected chi connectivity index (χ3v) is 4.24. The van der Waals surface area contributed by atoms with Crippen LogP contribution in [0.3, 0.4) is 0 Å². The fourth-order valence-electron chi connectivity index (χ4n) is 1.83. The lowest BCUT2D eigenvalue weighted by atomic mass is 10.0. The van der Waals surface area contributed by atoms with Crippen LogP contribution in [-0.2, 0) is 6.42 Å².